The SMILES string of the molecule is O=C(O)c1ccccc1Nc1ncnc2c1cnn2Cc1ccccc1. The van der Waals surface area contributed by atoms with Crippen LogP contribution in [0.3, 0.4) is 0 Å². The number of anilines is 2. The number of hydrogen-bond acceptors (Lipinski definition) is 5. The van der Waals surface area contributed by atoms with E-state index in [2.05, 4.69) is 20.4 Å². The van der Waals surface area contributed by atoms with Crippen LogP contribution in [0.15, 0.2) is 67.1 Å². The summed E-state index contributed by atoms with van der Waals surface area (Å²) in [5.41, 5.74) is 2.44. The Hall–Kier alpha value is -3.74. The molecule has 26 heavy (non-hydrogen) atoms. The fraction of sp³-hybridized carbons (Fsp3) is 0.0526. The first-order chi connectivity index (χ1) is 12.7. The summed E-state index contributed by atoms with van der Waals surface area (Å²) in [5, 5.41) is 17.6. The summed E-state index contributed by atoms with van der Waals surface area (Å²) < 4.78 is 1.79. The Bertz CT molecular complexity index is 1080. The van der Waals surface area contributed by atoms with Gasteiger partial charge in [0.15, 0.2) is 5.65 Å². The molecule has 4 aromatic rings. The molecule has 2 heterocycles. The van der Waals surface area contributed by atoms with E-state index in [0.717, 1.165) is 10.9 Å². The van der Waals surface area contributed by atoms with Crippen LogP contribution in [0.1, 0.15) is 15.9 Å². The van der Waals surface area contributed by atoms with Crippen molar-refractivity contribution in [1.82, 2.24) is 19.7 Å². The van der Waals surface area contributed by atoms with Crippen LogP contribution in [-0.2, 0) is 6.54 Å². The highest BCUT2D eigenvalue weighted by molar-refractivity contribution is 5.97. The molecule has 7 heteroatoms. The standard InChI is InChI=1S/C19H15N5O2/c25-19(26)14-8-4-5-9-16(14)23-17-15-10-22-24(18(15)21-12-20-17)11-13-6-2-1-3-7-13/h1-10,12H,11H2,(H,25,26)(H,20,21,23). The normalized spacial score (nSPS) is 10.8. The van der Waals surface area contributed by atoms with Crippen LogP contribution in [0, 0.1) is 0 Å². The highest BCUT2D eigenvalue weighted by atomic mass is 16.4. The number of nitrogens with one attached hydrogen (secondary N) is 1. The van der Waals surface area contributed by atoms with Gasteiger partial charge >= 0.3 is 5.97 Å². The Kier molecular flexibility index (Phi) is 4.03. The maximum atomic E-state index is 11.4. The van der Waals surface area contributed by atoms with Gasteiger partial charge in [-0.1, -0.05) is 42.5 Å². The summed E-state index contributed by atoms with van der Waals surface area (Å²) in [4.78, 5) is 20.0. The van der Waals surface area contributed by atoms with E-state index in [1.54, 1.807) is 35.1 Å². The lowest BCUT2D eigenvalue weighted by Gasteiger charge is -2.09. The Balaban J connectivity index is 1.71. The Morgan fingerprint density at radius 3 is 2.62 bits per heavy atom. The van der Waals surface area contributed by atoms with Crippen molar-refractivity contribution in [1.29, 1.82) is 0 Å². The van der Waals surface area contributed by atoms with Crippen LogP contribution < -0.4 is 5.32 Å². The molecule has 0 amide bonds. The number of benzene rings is 2. The van der Waals surface area contributed by atoms with Gasteiger partial charge in [0.1, 0.15) is 12.1 Å². The van der Waals surface area contributed by atoms with Gasteiger partial charge in [-0.15, -0.1) is 0 Å². The van der Waals surface area contributed by atoms with Gasteiger partial charge < -0.3 is 10.4 Å². The van der Waals surface area contributed by atoms with Crippen molar-refractivity contribution >= 4 is 28.5 Å². The Morgan fingerprint density at radius 1 is 1.04 bits per heavy atom. The van der Waals surface area contributed by atoms with Crippen molar-refractivity contribution in [2.24, 2.45) is 0 Å². The van der Waals surface area contributed by atoms with E-state index in [1.807, 2.05) is 30.3 Å². The number of aromatic nitrogens is 4. The number of rotatable bonds is 5. The largest absolute Gasteiger partial charge is 0.478 e. The second-order valence-electron chi connectivity index (χ2n) is 5.72. The van der Waals surface area contributed by atoms with E-state index in [-0.39, 0.29) is 5.56 Å². The smallest absolute Gasteiger partial charge is 0.337 e. The van der Waals surface area contributed by atoms with Crippen LogP contribution in [-0.4, -0.2) is 30.8 Å². The van der Waals surface area contributed by atoms with E-state index < -0.39 is 5.97 Å². The fourth-order valence-electron chi connectivity index (χ4n) is 2.77. The van der Waals surface area contributed by atoms with Crippen LogP contribution in [0.2, 0.25) is 0 Å². The van der Waals surface area contributed by atoms with Gasteiger partial charge in [-0.05, 0) is 17.7 Å². The van der Waals surface area contributed by atoms with Crippen molar-refractivity contribution in [2.45, 2.75) is 6.54 Å². The Labute approximate surface area is 149 Å². The van der Waals surface area contributed by atoms with Gasteiger partial charge in [0, 0.05) is 0 Å². The number of carbonyl (C=O) groups is 1. The summed E-state index contributed by atoms with van der Waals surface area (Å²) in [6, 6.07) is 16.7. The average molecular weight is 345 g/mol. The molecule has 2 aromatic heterocycles. The molecule has 128 valence electrons. The summed E-state index contributed by atoms with van der Waals surface area (Å²) in [6.45, 7) is 0.590. The van der Waals surface area contributed by atoms with Crippen molar-refractivity contribution in [3.8, 4) is 0 Å². The lowest BCUT2D eigenvalue weighted by molar-refractivity contribution is 0.0698. The predicted molar refractivity (Wildman–Crippen MR) is 97.6 cm³/mol. The van der Waals surface area contributed by atoms with Crippen LogP contribution in [0.5, 0.6) is 0 Å². The van der Waals surface area contributed by atoms with Crippen molar-refractivity contribution in [2.75, 3.05) is 5.32 Å². The lowest BCUT2D eigenvalue weighted by atomic mass is 10.2. The maximum Gasteiger partial charge on any atom is 0.337 e. The number of nitrogens with zero attached hydrogens (tertiary/aromatic N) is 4. The molecule has 0 bridgehead atoms. The van der Waals surface area contributed by atoms with E-state index in [9.17, 15) is 9.90 Å². The number of para-hydroxylation sites is 1. The van der Waals surface area contributed by atoms with Gasteiger partial charge in [-0.2, -0.15) is 5.10 Å². The zero-order valence-electron chi connectivity index (χ0n) is 13.7. The number of hydrogen-bond donors (Lipinski definition) is 2. The molecule has 7 nitrogen and oxygen atoms in total. The second kappa shape index (κ2) is 6.64. The molecule has 0 fully saturated rings. The molecular weight excluding hydrogens is 330 g/mol. The summed E-state index contributed by atoms with van der Waals surface area (Å²) >= 11 is 0. The first kappa shape index (κ1) is 15.8. The van der Waals surface area contributed by atoms with E-state index >= 15 is 0 Å². The van der Waals surface area contributed by atoms with Crippen molar-refractivity contribution < 1.29 is 9.90 Å². The van der Waals surface area contributed by atoms with Crippen LogP contribution in [0.4, 0.5) is 11.5 Å². The third-order valence-electron chi connectivity index (χ3n) is 4.02. The summed E-state index contributed by atoms with van der Waals surface area (Å²) in [5.74, 6) is -0.485. The number of carboxylic acids is 1. The van der Waals surface area contributed by atoms with Crippen LogP contribution in [0.25, 0.3) is 11.0 Å². The van der Waals surface area contributed by atoms with Crippen molar-refractivity contribution in [3.63, 3.8) is 0 Å². The van der Waals surface area contributed by atoms with Gasteiger partial charge in [-0.3, -0.25) is 0 Å². The van der Waals surface area contributed by atoms with Crippen molar-refractivity contribution in [3.05, 3.63) is 78.2 Å². The van der Waals surface area contributed by atoms with E-state index in [0.29, 0.717) is 23.7 Å². The maximum absolute atomic E-state index is 11.4. The minimum atomic E-state index is -1.00. The second-order valence-corrected chi connectivity index (χ2v) is 5.72. The first-order valence-corrected chi connectivity index (χ1v) is 8.02. The van der Waals surface area contributed by atoms with Gasteiger partial charge in [0.25, 0.3) is 0 Å². The molecular formula is C19H15N5O2. The molecule has 0 spiro atoms. The predicted octanol–water partition coefficient (Wildman–Crippen LogP) is 3.32. The van der Waals surface area contributed by atoms with Gasteiger partial charge in [0.2, 0.25) is 0 Å². The lowest BCUT2D eigenvalue weighted by Crippen LogP contribution is -2.05. The quantitative estimate of drug-likeness (QED) is 0.576. The molecule has 4 rings (SSSR count). The molecule has 0 aliphatic rings. The fourth-order valence-corrected chi connectivity index (χ4v) is 2.77. The molecule has 0 saturated heterocycles. The molecule has 2 aromatic carbocycles. The minimum Gasteiger partial charge on any atom is -0.478 e. The van der Waals surface area contributed by atoms with Gasteiger partial charge in [0.05, 0.1) is 29.4 Å². The molecule has 0 unspecified atom stereocenters. The molecule has 0 atom stereocenters. The first-order valence-electron chi connectivity index (χ1n) is 8.02. The molecule has 0 aliphatic carbocycles. The number of aromatic carboxylic acids is 1. The highest BCUT2D eigenvalue weighted by Crippen LogP contribution is 2.25. The molecule has 0 saturated carbocycles. The summed E-state index contributed by atoms with van der Waals surface area (Å²) in [7, 11) is 0. The zero-order chi connectivity index (χ0) is 17.9. The zero-order valence-corrected chi connectivity index (χ0v) is 13.7. The summed E-state index contributed by atoms with van der Waals surface area (Å²) in [6.07, 6.45) is 3.13. The highest BCUT2D eigenvalue weighted by Gasteiger charge is 2.14. The molecule has 0 aliphatic heterocycles. The average Bonchev–Trinajstić information content (AvgIpc) is 3.07. The number of carboxylic acid groups (broad SMARTS) is 1. The molecule has 2 N–H and O–H groups in total. The number of fused-ring (bicyclic) bond motifs is 1. The van der Waals surface area contributed by atoms with E-state index in [4.69, 9.17) is 0 Å². The van der Waals surface area contributed by atoms with E-state index in [1.165, 1.54) is 6.33 Å². The molecule has 0 radical (unpaired) electrons. The third-order valence-corrected chi connectivity index (χ3v) is 4.02. The Morgan fingerprint density at radius 2 is 1.81 bits per heavy atom. The van der Waals surface area contributed by atoms with Crippen LogP contribution >= 0.6 is 0 Å². The topological polar surface area (TPSA) is 92.9 Å². The monoisotopic (exact) mass is 345 g/mol. The third kappa shape index (κ3) is 2.98. The van der Waals surface area contributed by atoms with Gasteiger partial charge in [-0.25, -0.2) is 19.4 Å². The minimum absolute atomic E-state index is 0.177.